The lowest BCUT2D eigenvalue weighted by Crippen LogP contribution is -2.52. The summed E-state index contributed by atoms with van der Waals surface area (Å²) in [7, 11) is 0. The molecule has 0 amide bonds. The third-order valence-corrected chi connectivity index (χ3v) is 8.47. The molecule has 4 aliphatic rings. The van der Waals surface area contributed by atoms with Gasteiger partial charge in [0.15, 0.2) is 0 Å². The molecule has 4 rings (SSSR count). The van der Waals surface area contributed by atoms with E-state index in [2.05, 4.69) is 26.0 Å². The number of hydrogen-bond donors (Lipinski definition) is 0. The van der Waals surface area contributed by atoms with Crippen molar-refractivity contribution >= 4 is 11.6 Å². The fourth-order valence-electron chi connectivity index (χ4n) is 7.09. The summed E-state index contributed by atoms with van der Waals surface area (Å²) in [4.78, 5) is 24.0. The highest BCUT2D eigenvalue weighted by Gasteiger charge is 2.59. The number of carbonyl (C=O) groups excluding carboxylic acids is 2. The highest BCUT2D eigenvalue weighted by Crippen LogP contribution is 2.65. The Bertz CT molecular complexity index is 576. The second-order valence-corrected chi connectivity index (χ2v) is 9.32. The number of Topliss-reactive ketones (excluding diaryl/α,β-unsaturated/α-hetero) is 2. The van der Waals surface area contributed by atoms with E-state index in [-0.39, 0.29) is 11.3 Å². The van der Waals surface area contributed by atoms with Gasteiger partial charge in [-0.3, -0.25) is 9.59 Å². The van der Waals surface area contributed by atoms with Crippen molar-refractivity contribution in [2.75, 3.05) is 0 Å². The van der Waals surface area contributed by atoms with Gasteiger partial charge in [0, 0.05) is 18.8 Å². The van der Waals surface area contributed by atoms with Crippen molar-refractivity contribution in [1.82, 2.24) is 0 Å². The third kappa shape index (κ3) is 2.06. The molecule has 0 unspecified atom stereocenters. The van der Waals surface area contributed by atoms with Gasteiger partial charge in [0.1, 0.15) is 11.6 Å². The van der Waals surface area contributed by atoms with Crippen molar-refractivity contribution in [3.63, 3.8) is 0 Å². The van der Waals surface area contributed by atoms with Gasteiger partial charge in [0.2, 0.25) is 0 Å². The molecule has 0 aromatic rings. The molecular formula is C21H30O2. The molecule has 4 aliphatic carbocycles. The Hall–Kier alpha value is -0.920. The minimum Gasteiger partial charge on any atom is -0.300 e. The molecule has 0 spiro atoms. The van der Waals surface area contributed by atoms with Crippen molar-refractivity contribution in [3.8, 4) is 0 Å². The maximum absolute atomic E-state index is 12.1. The first-order chi connectivity index (χ1) is 10.9. The Balaban J connectivity index is 1.68. The molecular weight excluding hydrogens is 284 g/mol. The predicted molar refractivity (Wildman–Crippen MR) is 90.8 cm³/mol. The van der Waals surface area contributed by atoms with Gasteiger partial charge in [-0.15, -0.1) is 0 Å². The molecule has 0 N–H and O–H groups in total. The Morgan fingerprint density at radius 3 is 2.52 bits per heavy atom. The summed E-state index contributed by atoms with van der Waals surface area (Å²) in [6, 6.07) is 0. The smallest absolute Gasteiger partial charge is 0.133 e. The molecule has 3 fully saturated rings. The van der Waals surface area contributed by atoms with Crippen molar-refractivity contribution in [2.45, 2.75) is 65.7 Å². The van der Waals surface area contributed by atoms with Crippen molar-refractivity contribution < 1.29 is 9.59 Å². The van der Waals surface area contributed by atoms with E-state index in [0.29, 0.717) is 34.7 Å². The van der Waals surface area contributed by atoms with Crippen LogP contribution in [-0.2, 0) is 9.59 Å². The number of ketones is 2. The standard InChI is InChI=1S/C21H30O2/c1-13(22)17-6-7-18-16-5-4-14-12-15(23)8-10-20(14,2)19(16)9-11-21(17,18)3/h4-5,14,16-19H,6-12H2,1-3H3/t14-,16+,17-,18+,19+,20-,21+/m0/s1. The van der Waals surface area contributed by atoms with Crippen LogP contribution < -0.4 is 0 Å². The highest BCUT2D eigenvalue weighted by molar-refractivity contribution is 5.80. The third-order valence-electron chi connectivity index (χ3n) is 8.47. The van der Waals surface area contributed by atoms with Crippen LogP contribution in [0.5, 0.6) is 0 Å². The normalized spacial score (nSPS) is 51.8. The van der Waals surface area contributed by atoms with Crippen molar-refractivity contribution in [2.24, 2.45) is 40.4 Å². The van der Waals surface area contributed by atoms with Gasteiger partial charge < -0.3 is 0 Å². The molecule has 2 heteroatoms. The van der Waals surface area contributed by atoms with E-state index in [1.165, 1.54) is 19.3 Å². The number of hydrogen-bond acceptors (Lipinski definition) is 2. The van der Waals surface area contributed by atoms with Crippen molar-refractivity contribution in [1.29, 1.82) is 0 Å². The predicted octanol–water partition coefficient (Wildman–Crippen LogP) is 4.58. The van der Waals surface area contributed by atoms with Crippen LogP contribution in [0.15, 0.2) is 12.2 Å². The molecule has 0 aliphatic heterocycles. The summed E-state index contributed by atoms with van der Waals surface area (Å²) in [5.41, 5.74) is 0.522. The zero-order valence-electron chi connectivity index (χ0n) is 14.8. The second kappa shape index (κ2) is 5.04. The zero-order valence-corrected chi connectivity index (χ0v) is 14.8. The highest BCUT2D eigenvalue weighted by atomic mass is 16.1. The van der Waals surface area contributed by atoms with Gasteiger partial charge in [0.05, 0.1) is 0 Å². The maximum atomic E-state index is 12.1. The molecule has 0 aromatic heterocycles. The molecule has 2 nitrogen and oxygen atoms in total. The minimum atomic E-state index is 0.213. The fourth-order valence-corrected chi connectivity index (χ4v) is 7.09. The molecule has 0 bridgehead atoms. The first kappa shape index (κ1) is 15.6. The lowest BCUT2D eigenvalue weighted by molar-refractivity contribution is -0.132. The molecule has 23 heavy (non-hydrogen) atoms. The van der Waals surface area contributed by atoms with Crippen LogP contribution in [0, 0.1) is 40.4 Å². The summed E-state index contributed by atoms with van der Waals surface area (Å²) in [5.74, 6) is 3.61. The van der Waals surface area contributed by atoms with Crippen molar-refractivity contribution in [3.05, 3.63) is 12.2 Å². The number of rotatable bonds is 1. The average Bonchev–Trinajstić information content (AvgIpc) is 2.85. The van der Waals surface area contributed by atoms with Gasteiger partial charge in [-0.2, -0.15) is 0 Å². The fraction of sp³-hybridized carbons (Fsp3) is 0.810. The number of carbonyl (C=O) groups is 2. The molecule has 126 valence electrons. The molecule has 7 atom stereocenters. The largest absolute Gasteiger partial charge is 0.300 e. The summed E-state index contributed by atoms with van der Waals surface area (Å²) in [5, 5.41) is 0. The minimum absolute atomic E-state index is 0.213. The Morgan fingerprint density at radius 2 is 1.78 bits per heavy atom. The van der Waals surface area contributed by atoms with Gasteiger partial charge in [0.25, 0.3) is 0 Å². The van der Waals surface area contributed by atoms with Crippen LogP contribution in [0.3, 0.4) is 0 Å². The van der Waals surface area contributed by atoms with Gasteiger partial charge in [-0.25, -0.2) is 0 Å². The molecule has 0 saturated heterocycles. The van der Waals surface area contributed by atoms with E-state index in [1.54, 1.807) is 6.92 Å². The quantitative estimate of drug-likeness (QED) is 0.664. The molecule has 3 saturated carbocycles. The summed E-state index contributed by atoms with van der Waals surface area (Å²) in [6.45, 7) is 6.64. The van der Waals surface area contributed by atoms with Gasteiger partial charge >= 0.3 is 0 Å². The SMILES string of the molecule is CC(=O)[C@@H]1CC[C@@H]2[C@H]3C=C[C@H]4CC(=O)CC[C@]4(C)[C@@H]3CC[C@@]21C. The topological polar surface area (TPSA) is 34.1 Å². The van der Waals surface area contributed by atoms with Crippen LogP contribution in [0.2, 0.25) is 0 Å². The average molecular weight is 314 g/mol. The van der Waals surface area contributed by atoms with E-state index >= 15 is 0 Å². The van der Waals surface area contributed by atoms with Gasteiger partial charge in [-0.05, 0) is 73.5 Å². The van der Waals surface area contributed by atoms with E-state index in [9.17, 15) is 9.59 Å². The Labute approximate surface area is 140 Å². The maximum Gasteiger partial charge on any atom is 0.133 e. The van der Waals surface area contributed by atoms with Crippen LogP contribution in [0.1, 0.15) is 65.7 Å². The number of allylic oxidation sites excluding steroid dienone is 2. The van der Waals surface area contributed by atoms with Crippen LogP contribution in [0.4, 0.5) is 0 Å². The zero-order chi connectivity index (χ0) is 16.4. The first-order valence-corrected chi connectivity index (χ1v) is 9.57. The summed E-state index contributed by atoms with van der Waals surface area (Å²) >= 11 is 0. The Kier molecular flexibility index (Phi) is 3.42. The lowest BCUT2D eigenvalue weighted by Gasteiger charge is -2.57. The lowest BCUT2D eigenvalue weighted by atomic mass is 9.46. The molecule has 0 radical (unpaired) electrons. The monoisotopic (exact) mass is 314 g/mol. The van der Waals surface area contributed by atoms with E-state index < -0.39 is 0 Å². The molecule has 0 heterocycles. The van der Waals surface area contributed by atoms with Crippen LogP contribution >= 0.6 is 0 Å². The van der Waals surface area contributed by atoms with Gasteiger partial charge in [-0.1, -0.05) is 26.0 Å². The first-order valence-electron chi connectivity index (χ1n) is 9.57. The van der Waals surface area contributed by atoms with Crippen LogP contribution in [0.25, 0.3) is 0 Å². The second-order valence-electron chi connectivity index (χ2n) is 9.32. The number of fused-ring (bicyclic) bond motifs is 5. The van der Waals surface area contributed by atoms with E-state index in [4.69, 9.17) is 0 Å². The van der Waals surface area contributed by atoms with Crippen LogP contribution in [-0.4, -0.2) is 11.6 Å². The summed E-state index contributed by atoms with van der Waals surface area (Å²) in [6.07, 6.45) is 12.2. The van der Waals surface area contributed by atoms with E-state index in [0.717, 1.165) is 31.6 Å². The Morgan fingerprint density at radius 1 is 1.04 bits per heavy atom. The van der Waals surface area contributed by atoms with E-state index in [1.807, 2.05) is 0 Å². The summed E-state index contributed by atoms with van der Waals surface area (Å²) < 4.78 is 0. The molecule has 0 aromatic carbocycles.